The summed E-state index contributed by atoms with van der Waals surface area (Å²) >= 11 is 9.44. The van der Waals surface area contributed by atoms with E-state index >= 15 is 0 Å². The van der Waals surface area contributed by atoms with Gasteiger partial charge in [-0.15, -0.1) is 0 Å². The smallest absolute Gasteiger partial charge is 0.136 e. The molecule has 2 aromatic rings. The van der Waals surface area contributed by atoms with Crippen molar-refractivity contribution >= 4 is 27.5 Å². The number of halogens is 2. The maximum Gasteiger partial charge on any atom is 0.136 e. The van der Waals surface area contributed by atoms with Crippen LogP contribution in [-0.2, 0) is 0 Å². The number of hydrogen-bond donors (Lipinski definition) is 1. The average Bonchev–Trinajstić information content (AvgIpc) is 2.46. The lowest BCUT2D eigenvalue weighted by atomic mass is 10.1. The molecule has 2 aromatic carbocycles. The summed E-state index contributed by atoms with van der Waals surface area (Å²) < 4.78 is 6.98. The third-order valence-corrected chi connectivity index (χ3v) is 3.77. The number of nitrogens with one attached hydrogen (secondary N) is 1. The van der Waals surface area contributed by atoms with Crippen molar-refractivity contribution < 1.29 is 4.74 Å². The largest absolute Gasteiger partial charge is 0.483 e. The molecule has 0 spiro atoms. The van der Waals surface area contributed by atoms with Crippen LogP contribution >= 0.6 is 27.5 Å². The van der Waals surface area contributed by atoms with E-state index in [2.05, 4.69) is 40.3 Å². The second-order valence-electron chi connectivity index (χ2n) is 4.40. The van der Waals surface area contributed by atoms with Crippen molar-refractivity contribution in [1.82, 2.24) is 5.32 Å². The van der Waals surface area contributed by atoms with Crippen molar-refractivity contribution in [2.75, 3.05) is 13.1 Å². The lowest BCUT2D eigenvalue weighted by molar-refractivity contribution is 0.201. The highest BCUT2D eigenvalue weighted by atomic mass is 79.9. The molecule has 0 aliphatic heterocycles. The number of hydrogen-bond acceptors (Lipinski definition) is 2. The molecule has 0 aliphatic carbocycles. The molecule has 0 saturated heterocycles. The predicted octanol–water partition coefficient (Wildman–Crippen LogP) is 4.83. The van der Waals surface area contributed by atoms with Crippen LogP contribution in [0, 0.1) is 0 Å². The highest BCUT2D eigenvalue weighted by Crippen LogP contribution is 2.31. The number of ether oxygens (including phenoxy) is 1. The first-order valence-corrected chi connectivity index (χ1v) is 7.75. The molecule has 0 bridgehead atoms. The van der Waals surface area contributed by atoms with Crippen molar-refractivity contribution in [2.24, 2.45) is 0 Å². The second kappa shape index (κ2) is 7.67. The summed E-state index contributed by atoms with van der Waals surface area (Å²) in [4.78, 5) is 0. The minimum absolute atomic E-state index is 0.0337. The van der Waals surface area contributed by atoms with E-state index < -0.39 is 0 Å². The molecule has 4 heteroatoms. The summed E-state index contributed by atoms with van der Waals surface area (Å²) in [7, 11) is 0. The Morgan fingerprint density at radius 2 is 1.95 bits per heavy atom. The third-order valence-electron chi connectivity index (χ3n) is 2.91. The fraction of sp³-hybridized carbons (Fsp3) is 0.250. The minimum atomic E-state index is -0.0337. The van der Waals surface area contributed by atoms with Crippen molar-refractivity contribution in [3.8, 4) is 5.75 Å². The zero-order valence-electron chi connectivity index (χ0n) is 11.3. The molecule has 0 amide bonds. The quantitative estimate of drug-likeness (QED) is 0.802. The van der Waals surface area contributed by atoms with E-state index in [1.54, 1.807) is 0 Å². The van der Waals surface area contributed by atoms with Crippen LogP contribution in [0.15, 0.2) is 53.0 Å². The fourth-order valence-corrected chi connectivity index (χ4v) is 2.67. The maximum atomic E-state index is 6.12. The molecule has 1 unspecified atom stereocenters. The first-order valence-electron chi connectivity index (χ1n) is 6.58. The Kier molecular flexibility index (Phi) is 5.89. The van der Waals surface area contributed by atoms with E-state index in [-0.39, 0.29) is 6.10 Å². The Hall–Kier alpha value is -1.03. The normalized spacial score (nSPS) is 12.2. The van der Waals surface area contributed by atoms with Gasteiger partial charge in [0, 0.05) is 11.6 Å². The van der Waals surface area contributed by atoms with Gasteiger partial charge in [-0.1, -0.05) is 48.9 Å². The van der Waals surface area contributed by atoms with Crippen LogP contribution in [0.2, 0.25) is 5.02 Å². The summed E-state index contributed by atoms with van der Waals surface area (Å²) in [6.07, 6.45) is -0.0337. The van der Waals surface area contributed by atoms with Crippen LogP contribution in [0.1, 0.15) is 18.6 Å². The van der Waals surface area contributed by atoms with Crippen molar-refractivity contribution in [3.63, 3.8) is 0 Å². The summed E-state index contributed by atoms with van der Waals surface area (Å²) in [6, 6.07) is 15.8. The van der Waals surface area contributed by atoms with Gasteiger partial charge >= 0.3 is 0 Å². The lowest BCUT2D eigenvalue weighted by Crippen LogP contribution is -2.25. The molecule has 20 heavy (non-hydrogen) atoms. The molecule has 106 valence electrons. The van der Waals surface area contributed by atoms with Gasteiger partial charge in [0.1, 0.15) is 11.9 Å². The lowest BCUT2D eigenvalue weighted by Gasteiger charge is -2.21. The van der Waals surface area contributed by atoms with Crippen LogP contribution in [0.3, 0.4) is 0 Å². The summed E-state index contributed by atoms with van der Waals surface area (Å²) in [6.45, 7) is 3.75. The van der Waals surface area contributed by atoms with Gasteiger partial charge in [0.15, 0.2) is 0 Å². The van der Waals surface area contributed by atoms with Gasteiger partial charge in [0.25, 0.3) is 0 Å². The molecule has 0 fully saturated rings. The van der Waals surface area contributed by atoms with Crippen molar-refractivity contribution in [3.05, 3.63) is 63.6 Å². The third kappa shape index (κ3) is 4.23. The number of benzene rings is 2. The Labute approximate surface area is 133 Å². The molecule has 0 heterocycles. The zero-order chi connectivity index (χ0) is 14.4. The average molecular weight is 355 g/mol. The van der Waals surface area contributed by atoms with Gasteiger partial charge in [-0.3, -0.25) is 0 Å². The standard InChI is InChI=1S/C16H17BrClNO/c1-2-19-11-16(12-6-4-3-5-7-12)20-15-9-8-13(18)10-14(15)17/h3-10,16,19H,2,11H2,1H3. The first-order chi connectivity index (χ1) is 9.70. The molecular weight excluding hydrogens is 338 g/mol. The molecule has 2 nitrogen and oxygen atoms in total. The van der Waals surface area contributed by atoms with Crippen LogP contribution in [0.25, 0.3) is 0 Å². The van der Waals surface area contributed by atoms with Crippen LogP contribution in [0.5, 0.6) is 5.75 Å². The highest BCUT2D eigenvalue weighted by molar-refractivity contribution is 9.10. The Morgan fingerprint density at radius 1 is 1.20 bits per heavy atom. The van der Waals surface area contributed by atoms with Crippen LogP contribution in [0.4, 0.5) is 0 Å². The van der Waals surface area contributed by atoms with Crippen molar-refractivity contribution in [1.29, 1.82) is 0 Å². The van der Waals surface area contributed by atoms with Gasteiger partial charge in [-0.2, -0.15) is 0 Å². The van der Waals surface area contributed by atoms with Gasteiger partial charge in [-0.05, 0) is 46.2 Å². The SMILES string of the molecule is CCNCC(Oc1ccc(Cl)cc1Br)c1ccccc1. The molecule has 2 rings (SSSR count). The van der Waals surface area contributed by atoms with E-state index in [4.69, 9.17) is 16.3 Å². The second-order valence-corrected chi connectivity index (χ2v) is 5.69. The van der Waals surface area contributed by atoms with E-state index in [0.717, 1.165) is 28.9 Å². The van der Waals surface area contributed by atoms with Gasteiger partial charge < -0.3 is 10.1 Å². The van der Waals surface area contributed by atoms with Crippen LogP contribution < -0.4 is 10.1 Å². The summed E-state index contributed by atoms with van der Waals surface area (Å²) in [5, 5.41) is 4.02. The zero-order valence-corrected chi connectivity index (χ0v) is 13.6. The Balaban J connectivity index is 2.19. The Morgan fingerprint density at radius 3 is 2.60 bits per heavy atom. The molecule has 0 saturated carbocycles. The monoisotopic (exact) mass is 353 g/mol. The molecule has 0 radical (unpaired) electrons. The number of likely N-dealkylation sites (N-methyl/N-ethyl adjacent to an activating group) is 1. The van der Waals surface area contributed by atoms with E-state index in [0.29, 0.717) is 5.02 Å². The topological polar surface area (TPSA) is 21.3 Å². The van der Waals surface area contributed by atoms with Gasteiger partial charge in [0.2, 0.25) is 0 Å². The molecule has 1 N–H and O–H groups in total. The van der Waals surface area contributed by atoms with Gasteiger partial charge in [0.05, 0.1) is 4.47 Å². The molecular formula is C16H17BrClNO. The summed E-state index contributed by atoms with van der Waals surface area (Å²) in [5.74, 6) is 0.793. The van der Waals surface area contributed by atoms with E-state index in [1.165, 1.54) is 0 Å². The fourth-order valence-electron chi connectivity index (χ4n) is 1.89. The molecule has 0 aliphatic rings. The maximum absolute atomic E-state index is 6.12. The van der Waals surface area contributed by atoms with E-state index in [1.807, 2.05) is 36.4 Å². The number of rotatable bonds is 6. The van der Waals surface area contributed by atoms with Crippen LogP contribution in [-0.4, -0.2) is 13.1 Å². The first kappa shape index (κ1) is 15.4. The minimum Gasteiger partial charge on any atom is -0.483 e. The highest BCUT2D eigenvalue weighted by Gasteiger charge is 2.14. The van der Waals surface area contributed by atoms with Crippen molar-refractivity contribution in [2.45, 2.75) is 13.0 Å². The van der Waals surface area contributed by atoms with Gasteiger partial charge in [-0.25, -0.2) is 0 Å². The van der Waals surface area contributed by atoms with E-state index in [9.17, 15) is 0 Å². The Bertz CT molecular complexity index is 547. The molecule has 0 aromatic heterocycles. The summed E-state index contributed by atoms with van der Waals surface area (Å²) in [5.41, 5.74) is 1.15. The predicted molar refractivity (Wildman–Crippen MR) is 87.5 cm³/mol. The molecule has 1 atom stereocenters.